The van der Waals surface area contributed by atoms with Crippen molar-refractivity contribution in [2.45, 2.75) is 109 Å². The van der Waals surface area contributed by atoms with Gasteiger partial charge in [0.1, 0.15) is 24.7 Å². The molecule has 0 aromatic carbocycles. The fourth-order valence-corrected chi connectivity index (χ4v) is 5.99. The molecule has 0 saturated carbocycles. The SMILES string of the molecule is BrCCCCBr.Cc1cn([C@H]2C[C@H](O)[C@@H](CO)O2)c(=O)[nH]c1=O.Cc1cn([C@H]2C[C@H](O)[C@@H](CO)O2)c(=O)n(CCCC[18F])c1=O.[18F]CCCCBr. The van der Waals surface area contributed by atoms with E-state index in [1.807, 2.05) is 0 Å². The van der Waals surface area contributed by atoms with E-state index in [4.69, 9.17) is 19.7 Å². The molecule has 0 amide bonds. The molecule has 0 bridgehead atoms. The largest absolute Gasteiger partial charge is 0.394 e. The summed E-state index contributed by atoms with van der Waals surface area (Å²) >= 11 is 9.84. The van der Waals surface area contributed by atoms with Crippen molar-refractivity contribution in [3.63, 3.8) is 0 Å². The van der Waals surface area contributed by atoms with Crippen LogP contribution in [0.25, 0.3) is 0 Å². The third-order valence-corrected chi connectivity index (χ3v) is 9.38. The van der Waals surface area contributed by atoms with Crippen molar-refractivity contribution < 1.29 is 38.7 Å². The van der Waals surface area contributed by atoms with E-state index in [-0.39, 0.29) is 45.7 Å². The van der Waals surface area contributed by atoms with Gasteiger partial charge in [0.2, 0.25) is 0 Å². The van der Waals surface area contributed by atoms with Gasteiger partial charge >= 0.3 is 11.4 Å². The summed E-state index contributed by atoms with van der Waals surface area (Å²) in [5.74, 6) is 0. The Hall–Kier alpha value is -1.58. The Labute approximate surface area is 320 Å². The Morgan fingerprint density at radius 3 is 1.63 bits per heavy atom. The number of nitrogens with zero attached hydrogens (tertiary/aromatic N) is 3. The number of rotatable bonds is 14. The molecule has 2 aliphatic heterocycles. The molecule has 2 aliphatic rings. The molecule has 51 heavy (non-hydrogen) atoms. The lowest BCUT2D eigenvalue weighted by atomic mass is 10.2. The quantitative estimate of drug-likeness (QED) is 0.139. The van der Waals surface area contributed by atoms with E-state index in [1.165, 1.54) is 34.4 Å². The summed E-state index contributed by atoms with van der Waals surface area (Å²) in [4.78, 5) is 49.4. The Balaban J connectivity index is 0.000000394. The van der Waals surface area contributed by atoms with Gasteiger partial charge in [0.25, 0.3) is 11.1 Å². The van der Waals surface area contributed by atoms with Crippen molar-refractivity contribution in [2.24, 2.45) is 0 Å². The van der Waals surface area contributed by atoms with E-state index < -0.39 is 66.0 Å². The second-order valence-electron chi connectivity index (χ2n) is 11.7. The second kappa shape index (κ2) is 26.2. The molecule has 2 fully saturated rings. The molecule has 4 rings (SSSR count). The van der Waals surface area contributed by atoms with Crippen LogP contribution in [0.4, 0.5) is 8.78 Å². The number of hydrogen-bond acceptors (Lipinski definition) is 10. The highest BCUT2D eigenvalue weighted by Crippen LogP contribution is 2.28. The zero-order valence-corrected chi connectivity index (χ0v) is 33.7. The summed E-state index contributed by atoms with van der Waals surface area (Å²) < 4.78 is 37.7. The van der Waals surface area contributed by atoms with Gasteiger partial charge in [0.15, 0.2) is 0 Å². The molecule has 294 valence electrons. The number of halogens is 5. The molecule has 2 saturated heterocycles. The molecule has 19 heteroatoms. The van der Waals surface area contributed by atoms with Gasteiger partial charge in [-0.1, -0.05) is 47.8 Å². The molecule has 4 heterocycles. The van der Waals surface area contributed by atoms with Crippen LogP contribution in [0.1, 0.15) is 74.9 Å². The summed E-state index contributed by atoms with van der Waals surface area (Å²) in [5.41, 5.74) is -1.23. The highest BCUT2D eigenvalue weighted by Gasteiger charge is 2.36. The minimum Gasteiger partial charge on any atom is -0.394 e. The summed E-state index contributed by atoms with van der Waals surface area (Å²) in [6, 6.07) is 0. The number of nitrogens with one attached hydrogen (secondary N) is 1. The normalized spacial score (nSPS) is 22.3. The van der Waals surface area contributed by atoms with E-state index in [0.717, 1.165) is 27.0 Å². The van der Waals surface area contributed by atoms with Crippen LogP contribution in [0.2, 0.25) is 0 Å². The second-order valence-corrected chi connectivity index (χ2v) is 14.1. The van der Waals surface area contributed by atoms with Crippen LogP contribution in [0.15, 0.2) is 31.6 Å². The molecule has 5 N–H and O–H groups in total. The molecule has 0 aliphatic carbocycles. The molecule has 2 aromatic heterocycles. The van der Waals surface area contributed by atoms with Crippen molar-refractivity contribution in [3.05, 3.63) is 65.2 Å². The number of unbranched alkanes of at least 4 members (excludes halogenated alkanes) is 3. The number of aryl methyl sites for hydroxylation is 2. The first-order valence-electron chi connectivity index (χ1n) is 16.7. The van der Waals surface area contributed by atoms with Gasteiger partial charge in [-0.25, -0.2) is 9.59 Å². The van der Waals surface area contributed by atoms with Gasteiger partial charge in [-0.05, 0) is 52.4 Å². The minimum atomic E-state index is -0.867. The van der Waals surface area contributed by atoms with Gasteiger partial charge in [0.05, 0.1) is 38.8 Å². The highest BCUT2D eigenvalue weighted by atomic mass is 79.9. The molecule has 0 radical (unpaired) electrons. The first-order chi connectivity index (χ1) is 24.3. The monoisotopic (exact) mass is 924 g/mol. The maximum atomic E-state index is 12.4. The lowest BCUT2D eigenvalue weighted by Gasteiger charge is -2.17. The van der Waals surface area contributed by atoms with Crippen molar-refractivity contribution in [3.8, 4) is 0 Å². The Morgan fingerprint density at radius 1 is 0.745 bits per heavy atom. The average Bonchev–Trinajstić information content (AvgIpc) is 3.69. The third kappa shape index (κ3) is 15.7. The molecule has 14 nitrogen and oxygen atoms in total. The number of alkyl halides is 5. The van der Waals surface area contributed by atoms with Crippen molar-refractivity contribution in [2.75, 3.05) is 42.6 Å². The first-order valence-corrected chi connectivity index (χ1v) is 20.0. The smallest absolute Gasteiger partial charge is 0.333 e. The molecule has 6 atom stereocenters. The lowest BCUT2D eigenvalue weighted by molar-refractivity contribution is -0.0464. The van der Waals surface area contributed by atoms with E-state index in [0.29, 0.717) is 24.0 Å². The number of aromatic amines is 1. The number of aromatic nitrogens is 4. The van der Waals surface area contributed by atoms with Crippen LogP contribution < -0.4 is 22.5 Å². The van der Waals surface area contributed by atoms with Crippen LogP contribution in [-0.2, 0) is 16.0 Å². The van der Waals surface area contributed by atoms with Crippen LogP contribution in [0.3, 0.4) is 0 Å². The average molecular weight is 927 g/mol. The number of aliphatic hydroxyl groups is 4. The van der Waals surface area contributed by atoms with Crippen molar-refractivity contribution >= 4 is 47.8 Å². The van der Waals surface area contributed by atoms with Crippen molar-refractivity contribution in [1.82, 2.24) is 18.7 Å². The summed E-state index contributed by atoms with van der Waals surface area (Å²) in [6.45, 7) is 1.97. The van der Waals surface area contributed by atoms with Gasteiger partial charge < -0.3 is 29.9 Å². The fraction of sp³-hybridized carbons (Fsp3) is 0.750. The fourth-order valence-electron chi connectivity index (χ4n) is 4.80. The van der Waals surface area contributed by atoms with E-state index in [2.05, 4.69) is 52.8 Å². The predicted molar refractivity (Wildman–Crippen MR) is 200 cm³/mol. The predicted octanol–water partition coefficient (Wildman–Crippen LogP) is 2.88. The van der Waals surface area contributed by atoms with Crippen LogP contribution in [-0.4, -0.2) is 106 Å². The third-order valence-electron chi connectivity index (χ3n) is 7.70. The molecule has 0 unspecified atom stereocenters. The molecular weight excluding hydrogens is 876 g/mol. The topological polar surface area (TPSA) is 198 Å². The Morgan fingerprint density at radius 2 is 1.20 bits per heavy atom. The number of H-pyrrole nitrogens is 1. The zero-order chi connectivity index (χ0) is 38.5. The van der Waals surface area contributed by atoms with E-state index in [1.54, 1.807) is 13.8 Å². The van der Waals surface area contributed by atoms with Crippen molar-refractivity contribution in [1.29, 1.82) is 0 Å². The molecular formula is C32H51Br3F2N4O10. The van der Waals surface area contributed by atoms with E-state index in [9.17, 15) is 38.2 Å². The van der Waals surface area contributed by atoms with E-state index >= 15 is 0 Å². The summed E-state index contributed by atoms with van der Waals surface area (Å²) in [6.07, 6.45) is 3.53. The van der Waals surface area contributed by atoms with Gasteiger partial charge in [0, 0.05) is 58.9 Å². The Kier molecular flexibility index (Phi) is 24.4. The lowest BCUT2D eigenvalue weighted by Crippen LogP contribution is -2.42. The first kappa shape index (κ1) is 47.4. The van der Waals surface area contributed by atoms with Crippen LogP contribution in [0, 0.1) is 13.8 Å². The number of ether oxygens (including phenoxy) is 2. The maximum Gasteiger partial charge on any atom is 0.333 e. The highest BCUT2D eigenvalue weighted by molar-refractivity contribution is 9.09. The van der Waals surface area contributed by atoms with Crippen LogP contribution >= 0.6 is 47.8 Å². The summed E-state index contributed by atoms with van der Waals surface area (Å²) in [5, 5.41) is 40.6. The van der Waals surface area contributed by atoms with Crippen LogP contribution in [0.5, 0.6) is 0 Å². The Bertz CT molecular complexity index is 1490. The standard InChI is InChI=1S/C14H21FN2O5.C10H14N2O5.C4H8Br2.C4H8BrF/c1-9-7-17(12-6-10(19)11(8-18)22-12)14(21)16(13(9)20)5-3-2-4-15;1-5-3-12(10(16)11-9(5)15)8-2-6(14)7(4-13)17-8;2*5-3-1-2-4-6/h7,10-12,18-19H,2-6,8H2,1H3;3,6-8,13-14H,2,4H2,1H3,(H,11,15,16);2*1-4H2/t10-,11+,12+;6-,7+,8+;;/m00../s1/i15-1;;;6-1. The zero-order valence-electron chi connectivity index (χ0n) is 28.9. The number of hydrogen-bond donors (Lipinski definition) is 5. The number of aliphatic hydroxyl groups excluding tert-OH is 4. The maximum absolute atomic E-state index is 12.4. The molecule has 2 aromatic rings. The van der Waals surface area contributed by atoms with Gasteiger partial charge in [-0.15, -0.1) is 0 Å². The van der Waals surface area contributed by atoms with Gasteiger partial charge in [-0.2, -0.15) is 0 Å². The molecule has 0 spiro atoms. The van der Waals surface area contributed by atoms with Gasteiger partial charge in [-0.3, -0.25) is 37.1 Å². The minimum absolute atomic E-state index is 0.141. The summed E-state index contributed by atoms with van der Waals surface area (Å²) in [7, 11) is 0.